The van der Waals surface area contributed by atoms with Crippen LogP contribution in [0.4, 0.5) is 0 Å². The van der Waals surface area contributed by atoms with Crippen LogP contribution < -0.4 is 0 Å². The minimum Gasteiger partial charge on any atom is -0.469 e. The summed E-state index contributed by atoms with van der Waals surface area (Å²) in [6.45, 7) is 31.7. The van der Waals surface area contributed by atoms with Gasteiger partial charge in [-0.3, -0.25) is 57.5 Å². The number of carbonyl (C=O) groups excluding carboxylic acids is 12. The maximum atomic E-state index is 12.4. The highest BCUT2D eigenvalue weighted by molar-refractivity contribution is 5.87. The predicted octanol–water partition coefficient (Wildman–Crippen LogP) is 8.82. The third kappa shape index (κ3) is 14.7. The molecule has 0 radical (unpaired) electrons. The molecule has 0 N–H and O–H groups in total. The van der Waals surface area contributed by atoms with Gasteiger partial charge in [-0.15, -0.1) is 0 Å². The second kappa shape index (κ2) is 28.8. The standard InChI is InChI=1S/C16H22O6.C14H20O4.C14H22O4.C13H18O5.C10H12O4.C7H14O2/c1-5-16(2,3)15(19)22-12-7-6-8-10(9(7)13(17)20-4)14(18)21-11(8)12;1-4-14(2,3)13(16)18-11-8-5-7-6-9(8)12(15)17-10(7)11;1-5-13(2,3)12(16)17-10-8-9-6-7-14(10,4)18-11(9)15;1-4-13(2,3)12(15)18-9-7-5-6-8(16-7)10(9)17-11(6)14;1-4(11)13-8-5-2-6-7(3-5)10(12)14-9(6)8;1-5-7(2,3)6(8)9-4/h7-12H,5-6H2,1-4H3;7-11H,4-6H2,1-3H3;9-10H,5-8H2,1-4H3;6-10H,4-5H2,1-3H3;5-9H,2-3H2,1H3;5H2,1-4H3. The summed E-state index contributed by atoms with van der Waals surface area (Å²) in [5.41, 5.74) is -2.96. The minimum absolute atomic E-state index is 0.0254. The molecule has 9 aliphatic heterocycles. The van der Waals surface area contributed by atoms with Gasteiger partial charge in [0.05, 0.1) is 82.9 Å². The molecule has 16 fully saturated rings. The van der Waals surface area contributed by atoms with E-state index in [1.165, 1.54) is 21.1 Å². The van der Waals surface area contributed by atoms with Gasteiger partial charge in [0.1, 0.15) is 54.4 Å². The molecule has 24 atom stereocenters. The zero-order valence-electron chi connectivity index (χ0n) is 61.4. The van der Waals surface area contributed by atoms with Gasteiger partial charge in [0.25, 0.3) is 0 Å². The van der Waals surface area contributed by atoms with Crippen molar-refractivity contribution in [2.45, 2.75) is 280 Å². The van der Waals surface area contributed by atoms with Gasteiger partial charge >= 0.3 is 71.6 Å². The molecule has 24 unspecified atom stereocenters. The van der Waals surface area contributed by atoms with Crippen molar-refractivity contribution in [1.82, 2.24) is 0 Å². The summed E-state index contributed by atoms with van der Waals surface area (Å²) in [6, 6.07) is 0. The second-order valence-electron chi connectivity index (χ2n) is 33.2. The zero-order chi connectivity index (χ0) is 73.3. The summed E-state index contributed by atoms with van der Waals surface area (Å²) in [5, 5.41) is 0. The summed E-state index contributed by atoms with van der Waals surface area (Å²) >= 11 is 0. The first-order chi connectivity index (χ1) is 46.2. The van der Waals surface area contributed by atoms with Gasteiger partial charge in [0, 0.05) is 48.9 Å². The minimum atomic E-state index is -0.620. The Balaban J connectivity index is 0.000000141. The number of methoxy groups -OCH3 is 2. The van der Waals surface area contributed by atoms with E-state index in [4.69, 9.17) is 56.8 Å². The molecular formula is C74H108O25. The van der Waals surface area contributed by atoms with Gasteiger partial charge < -0.3 is 61.6 Å². The molecule has 0 spiro atoms. The van der Waals surface area contributed by atoms with Crippen molar-refractivity contribution in [3.8, 4) is 0 Å². The predicted molar refractivity (Wildman–Crippen MR) is 346 cm³/mol. The number of hydrogen-bond acceptors (Lipinski definition) is 25. The van der Waals surface area contributed by atoms with E-state index in [1.807, 2.05) is 111 Å². The molecule has 0 aromatic heterocycles. The number of fused-ring (bicyclic) bond motifs is 7. The molecule has 7 aliphatic carbocycles. The molecule has 25 heteroatoms. The fourth-order valence-electron chi connectivity index (χ4n) is 16.5. The van der Waals surface area contributed by atoms with Gasteiger partial charge in [-0.05, 0) is 160 Å². The molecule has 9 heterocycles. The van der Waals surface area contributed by atoms with Crippen LogP contribution in [0.1, 0.15) is 208 Å². The lowest BCUT2D eigenvalue weighted by Gasteiger charge is -2.48. The largest absolute Gasteiger partial charge is 0.469 e. The number of rotatable bonds is 16. The highest BCUT2D eigenvalue weighted by Gasteiger charge is 2.71. The molecule has 12 bridgehead atoms. The highest BCUT2D eigenvalue weighted by Crippen LogP contribution is 2.60. The van der Waals surface area contributed by atoms with Gasteiger partial charge in [0.2, 0.25) is 0 Å². The lowest BCUT2D eigenvalue weighted by atomic mass is 9.74. The van der Waals surface area contributed by atoms with E-state index in [-0.39, 0.29) is 155 Å². The molecule has 9 saturated heterocycles. The summed E-state index contributed by atoms with van der Waals surface area (Å²) in [4.78, 5) is 141. The summed E-state index contributed by atoms with van der Waals surface area (Å²) in [6.07, 6.45) is 7.85. The van der Waals surface area contributed by atoms with Crippen molar-refractivity contribution < 1.29 is 119 Å². The Morgan fingerprint density at radius 1 is 0.434 bits per heavy atom. The molecule has 16 rings (SSSR count). The Labute approximate surface area is 581 Å². The first kappa shape index (κ1) is 76.8. The van der Waals surface area contributed by atoms with E-state index < -0.39 is 69.5 Å². The van der Waals surface area contributed by atoms with Crippen LogP contribution in [0.15, 0.2) is 0 Å². The second-order valence-corrected chi connectivity index (χ2v) is 33.2. The van der Waals surface area contributed by atoms with Crippen molar-refractivity contribution in [2.75, 3.05) is 14.2 Å². The average molecular weight is 1400 g/mol. The fourth-order valence-corrected chi connectivity index (χ4v) is 16.5. The Hall–Kier alpha value is -6.40. The third-order valence-electron chi connectivity index (χ3n) is 25.1. The zero-order valence-corrected chi connectivity index (χ0v) is 61.4. The number of esters is 12. The van der Waals surface area contributed by atoms with Gasteiger partial charge in [-0.2, -0.15) is 0 Å². The summed E-state index contributed by atoms with van der Waals surface area (Å²) < 4.78 is 69.5. The van der Waals surface area contributed by atoms with Crippen LogP contribution in [-0.4, -0.2) is 159 Å². The van der Waals surface area contributed by atoms with Gasteiger partial charge in [-0.25, -0.2) is 0 Å². The summed E-state index contributed by atoms with van der Waals surface area (Å²) in [7, 11) is 2.73. The Morgan fingerprint density at radius 2 is 0.889 bits per heavy atom. The quantitative estimate of drug-likeness (QED) is 0.103. The Kier molecular flexibility index (Phi) is 22.3. The van der Waals surface area contributed by atoms with Crippen LogP contribution in [0.5, 0.6) is 0 Å². The van der Waals surface area contributed by atoms with Crippen molar-refractivity contribution >= 4 is 71.6 Å². The first-order valence-electron chi connectivity index (χ1n) is 36.1. The molecule has 0 aromatic rings. The van der Waals surface area contributed by atoms with Crippen molar-refractivity contribution in [3.05, 3.63) is 0 Å². The molecular weight excluding hydrogens is 1290 g/mol. The third-order valence-corrected chi connectivity index (χ3v) is 25.1. The van der Waals surface area contributed by atoms with Gasteiger partial charge in [-0.1, -0.05) is 34.6 Å². The molecule has 554 valence electrons. The summed E-state index contributed by atoms with van der Waals surface area (Å²) in [5.74, 6) is -2.68. The lowest BCUT2D eigenvalue weighted by Crippen LogP contribution is -2.57. The molecule has 16 aliphatic rings. The van der Waals surface area contributed by atoms with Crippen LogP contribution in [0.25, 0.3) is 0 Å². The topological polar surface area (TPSA) is 325 Å². The van der Waals surface area contributed by atoms with Crippen LogP contribution in [0.2, 0.25) is 0 Å². The van der Waals surface area contributed by atoms with E-state index in [0.717, 1.165) is 57.8 Å². The van der Waals surface area contributed by atoms with E-state index in [1.54, 1.807) is 0 Å². The molecule has 0 aromatic carbocycles. The SMILES string of the molecule is CC(=O)OC1C2CC3C(=O)OC1C3C2.CCC(C)(C)C(=O)OC.CCC(C)(C)C(=O)OC1C2CC3C(=O)OC1C3O2.CCC(C)(C)C(=O)OC1C2CC3C1OC(=O)C3C2C(=O)OC.CCC(C)(C)C(=O)OC1C2CC3CC2C(=O)OC31.CCC(C)(C)C(=O)OC1CC2CCC1(C)OC2=O. The number of ether oxygens (including phenoxy) is 13. The smallest absolute Gasteiger partial charge is 0.312 e. The normalized spacial score (nSPS) is 37.8. The maximum Gasteiger partial charge on any atom is 0.312 e. The van der Waals surface area contributed by atoms with E-state index in [2.05, 4.69) is 4.74 Å². The number of hydrogen-bond donors (Lipinski definition) is 0. The van der Waals surface area contributed by atoms with Crippen LogP contribution in [-0.2, 0) is 119 Å². The van der Waals surface area contributed by atoms with E-state index in [9.17, 15) is 57.5 Å². The Bertz CT molecular complexity index is 3060. The molecule has 25 nitrogen and oxygen atoms in total. The lowest BCUT2D eigenvalue weighted by molar-refractivity contribution is -0.221. The van der Waals surface area contributed by atoms with E-state index >= 15 is 0 Å². The average Bonchev–Trinajstić information content (AvgIpc) is 1.59. The van der Waals surface area contributed by atoms with E-state index in [0.29, 0.717) is 49.9 Å². The van der Waals surface area contributed by atoms with Crippen LogP contribution in [0.3, 0.4) is 0 Å². The molecule has 0 amide bonds. The highest BCUT2D eigenvalue weighted by atomic mass is 16.7. The monoisotopic (exact) mass is 1400 g/mol. The number of carbonyl (C=O) groups is 12. The van der Waals surface area contributed by atoms with Crippen LogP contribution >= 0.6 is 0 Å². The fraction of sp³-hybridized carbons (Fsp3) is 0.838. The van der Waals surface area contributed by atoms with Crippen molar-refractivity contribution in [3.63, 3.8) is 0 Å². The Morgan fingerprint density at radius 3 is 1.38 bits per heavy atom. The van der Waals surface area contributed by atoms with Crippen molar-refractivity contribution in [1.29, 1.82) is 0 Å². The van der Waals surface area contributed by atoms with Crippen molar-refractivity contribution in [2.24, 2.45) is 98.1 Å². The molecule has 7 saturated carbocycles. The first-order valence-corrected chi connectivity index (χ1v) is 36.1. The van der Waals surface area contributed by atoms with Gasteiger partial charge in [0.15, 0.2) is 12.2 Å². The molecule has 99 heavy (non-hydrogen) atoms. The maximum absolute atomic E-state index is 12.4. The van der Waals surface area contributed by atoms with Crippen LogP contribution in [0, 0.1) is 98.1 Å².